The van der Waals surface area contributed by atoms with Gasteiger partial charge in [0.2, 0.25) is 5.91 Å². The lowest BCUT2D eigenvalue weighted by atomic mass is 9.65. The van der Waals surface area contributed by atoms with Crippen molar-refractivity contribution in [3.05, 3.63) is 34.3 Å². The second kappa shape index (κ2) is 6.55. The van der Waals surface area contributed by atoms with Crippen LogP contribution >= 0.6 is 15.9 Å². The average molecular weight is 397 g/mol. The van der Waals surface area contributed by atoms with Crippen LogP contribution in [0.2, 0.25) is 0 Å². The predicted octanol–water partition coefficient (Wildman–Crippen LogP) is 2.74. The van der Waals surface area contributed by atoms with Crippen molar-refractivity contribution in [2.75, 3.05) is 0 Å². The number of benzene rings is 1. The zero-order valence-electron chi connectivity index (χ0n) is 13.9. The monoisotopic (exact) mass is 396 g/mol. The maximum atomic E-state index is 12.4. The summed E-state index contributed by atoms with van der Waals surface area (Å²) in [4.78, 5) is 36.1. The molecular formula is C17H21BrN2O4. The summed E-state index contributed by atoms with van der Waals surface area (Å²) >= 11 is 3.28. The number of halogens is 1. The number of amides is 2. The molecule has 0 heterocycles. The molecule has 2 atom stereocenters. The van der Waals surface area contributed by atoms with Gasteiger partial charge in [-0.05, 0) is 43.4 Å². The number of hydrogen-bond donors (Lipinski definition) is 3. The zero-order valence-corrected chi connectivity index (χ0v) is 15.4. The van der Waals surface area contributed by atoms with Gasteiger partial charge in [0.1, 0.15) is 0 Å². The Labute approximate surface area is 149 Å². The molecule has 1 fully saturated rings. The maximum absolute atomic E-state index is 12.4. The van der Waals surface area contributed by atoms with Gasteiger partial charge in [0, 0.05) is 16.0 Å². The van der Waals surface area contributed by atoms with Crippen molar-refractivity contribution in [2.24, 2.45) is 16.7 Å². The minimum absolute atomic E-state index is 0.367. The van der Waals surface area contributed by atoms with E-state index in [-0.39, 0.29) is 5.91 Å². The fourth-order valence-corrected chi connectivity index (χ4v) is 3.65. The molecule has 1 aliphatic rings. The van der Waals surface area contributed by atoms with Crippen LogP contribution in [-0.2, 0) is 9.59 Å². The zero-order chi connectivity index (χ0) is 18.1. The summed E-state index contributed by atoms with van der Waals surface area (Å²) in [5.74, 6) is -2.18. The Morgan fingerprint density at radius 1 is 1.21 bits per heavy atom. The molecule has 0 aliphatic heterocycles. The standard InChI is InChI=1S/C17H21BrN2O4/c1-16(2)12(7-8-17(16,3)15(23)24)14(22)20-19-13(21)10-5-4-6-11(18)9-10/h4-6,9,12H,7-8H2,1-3H3,(H,19,21)(H,20,22)(H,23,24). The summed E-state index contributed by atoms with van der Waals surface area (Å²) in [5, 5.41) is 9.49. The highest BCUT2D eigenvalue weighted by molar-refractivity contribution is 9.10. The summed E-state index contributed by atoms with van der Waals surface area (Å²) in [6.07, 6.45) is 0.890. The molecule has 6 nitrogen and oxygen atoms in total. The first kappa shape index (κ1) is 18.4. The fourth-order valence-electron chi connectivity index (χ4n) is 3.25. The van der Waals surface area contributed by atoms with Crippen LogP contribution in [-0.4, -0.2) is 22.9 Å². The first-order valence-electron chi connectivity index (χ1n) is 7.69. The van der Waals surface area contributed by atoms with Crippen molar-refractivity contribution in [1.82, 2.24) is 10.9 Å². The average Bonchev–Trinajstić information content (AvgIpc) is 2.76. The highest BCUT2D eigenvalue weighted by atomic mass is 79.9. The van der Waals surface area contributed by atoms with Crippen molar-refractivity contribution in [3.63, 3.8) is 0 Å². The van der Waals surface area contributed by atoms with Crippen LogP contribution in [0.15, 0.2) is 28.7 Å². The van der Waals surface area contributed by atoms with E-state index in [1.54, 1.807) is 45.0 Å². The Balaban J connectivity index is 2.03. The predicted molar refractivity (Wildman–Crippen MR) is 92.0 cm³/mol. The molecule has 0 bridgehead atoms. The number of carbonyl (C=O) groups excluding carboxylic acids is 2. The molecule has 1 aromatic carbocycles. The highest BCUT2D eigenvalue weighted by Gasteiger charge is 2.58. The number of hydrogen-bond acceptors (Lipinski definition) is 3. The van der Waals surface area contributed by atoms with Crippen molar-refractivity contribution in [3.8, 4) is 0 Å². The minimum atomic E-state index is -0.969. The third-order valence-electron chi connectivity index (χ3n) is 5.40. The minimum Gasteiger partial charge on any atom is -0.481 e. The Bertz CT molecular complexity index is 689. The smallest absolute Gasteiger partial charge is 0.309 e. The first-order chi connectivity index (χ1) is 11.1. The van der Waals surface area contributed by atoms with Gasteiger partial charge in [-0.3, -0.25) is 25.2 Å². The molecule has 1 aromatic rings. The number of rotatable bonds is 3. The molecule has 1 aliphatic carbocycles. The summed E-state index contributed by atoms with van der Waals surface area (Å²) < 4.78 is 0.760. The lowest BCUT2D eigenvalue weighted by molar-refractivity contribution is -0.155. The van der Waals surface area contributed by atoms with Crippen molar-refractivity contribution < 1.29 is 19.5 Å². The van der Waals surface area contributed by atoms with Crippen molar-refractivity contribution in [2.45, 2.75) is 33.6 Å². The molecule has 0 saturated heterocycles. The van der Waals surface area contributed by atoms with Crippen molar-refractivity contribution >= 4 is 33.7 Å². The second-order valence-corrected chi connectivity index (χ2v) is 7.82. The molecule has 24 heavy (non-hydrogen) atoms. The molecule has 2 amide bonds. The van der Waals surface area contributed by atoms with Gasteiger partial charge in [-0.2, -0.15) is 0 Å². The topological polar surface area (TPSA) is 95.5 Å². The van der Waals surface area contributed by atoms with Gasteiger partial charge in [0.15, 0.2) is 0 Å². The van der Waals surface area contributed by atoms with E-state index in [9.17, 15) is 19.5 Å². The quantitative estimate of drug-likeness (QED) is 0.684. The van der Waals surface area contributed by atoms with E-state index in [0.29, 0.717) is 18.4 Å². The van der Waals surface area contributed by atoms with E-state index in [1.165, 1.54) is 0 Å². The summed E-state index contributed by atoms with van der Waals surface area (Å²) in [5.41, 5.74) is 3.54. The molecule has 0 spiro atoms. The first-order valence-corrected chi connectivity index (χ1v) is 8.48. The van der Waals surface area contributed by atoms with E-state index in [0.717, 1.165) is 4.47 Å². The number of carbonyl (C=O) groups is 3. The lowest BCUT2D eigenvalue weighted by Crippen LogP contribution is -2.49. The van der Waals surface area contributed by atoms with Crippen LogP contribution in [0, 0.1) is 16.7 Å². The number of carboxylic acid groups (broad SMARTS) is 1. The number of hydrazine groups is 1. The largest absolute Gasteiger partial charge is 0.481 e. The Morgan fingerprint density at radius 3 is 2.42 bits per heavy atom. The van der Waals surface area contributed by atoms with E-state index in [1.807, 2.05) is 0 Å². The molecule has 7 heteroatoms. The number of nitrogens with one attached hydrogen (secondary N) is 2. The molecule has 2 rings (SSSR count). The Kier molecular flexibility index (Phi) is 5.03. The lowest BCUT2D eigenvalue weighted by Gasteiger charge is -2.37. The van der Waals surface area contributed by atoms with Gasteiger partial charge in [-0.1, -0.05) is 35.8 Å². The van der Waals surface area contributed by atoms with Gasteiger partial charge in [0.25, 0.3) is 5.91 Å². The SMILES string of the molecule is CC1(C(=O)O)CCC(C(=O)NNC(=O)c2cccc(Br)c2)C1(C)C. The molecule has 3 N–H and O–H groups in total. The van der Waals surface area contributed by atoms with Crippen LogP contribution in [0.25, 0.3) is 0 Å². The van der Waals surface area contributed by atoms with Gasteiger partial charge >= 0.3 is 5.97 Å². The number of aliphatic carboxylic acids is 1. The van der Waals surface area contributed by atoms with Crippen LogP contribution in [0.3, 0.4) is 0 Å². The Hall–Kier alpha value is -1.89. The Morgan fingerprint density at radius 2 is 1.88 bits per heavy atom. The van der Waals surface area contributed by atoms with Gasteiger partial charge < -0.3 is 5.11 Å². The summed E-state index contributed by atoms with van der Waals surface area (Å²) in [7, 11) is 0. The van der Waals surface area contributed by atoms with Gasteiger partial charge in [-0.25, -0.2) is 0 Å². The fraction of sp³-hybridized carbons (Fsp3) is 0.471. The maximum Gasteiger partial charge on any atom is 0.309 e. The van der Waals surface area contributed by atoms with E-state index < -0.39 is 28.6 Å². The third-order valence-corrected chi connectivity index (χ3v) is 5.89. The van der Waals surface area contributed by atoms with Gasteiger partial charge in [-0.15, -0.1) is 0 Å². The number of carboxylic acids is 1. The van der Waals surface area contributed by atoms with Gasteiger partial charge in [0.05, 0.1) is 5.41 Å². The molecule has 0 aromatic heterocycles. The summed E-state index contributed by atoms with van der Waals surface area (Å²) in [6.45, 7) is 5.24. The molecule has 1 saturated carbocycles. The highest BCUT2D eigenvalue weighted by Crippen LogP contribution is 2.56. The molecule has 0 radical (unpaired) electrons. The molecular weight excluding hydrogens is 376 g/mol. The van der Waals surface area contributed by atoms with Crippen LogP contribution < -0.4 is 10.9 Å². The molecule has 130 valence electrons. The third kappa shape index (κ3) is 3.17. The second-order valence-electron chi connectivity index (χ2n) is 6.90. The summed E-state index contributed by atoms with van der Waals surface area (Å²) in [6, 6.07) is 6.79. The van der Waals surface area contributed by atoms with Crippen molar-refractivity contribution in [1.29, 1.82) is 0 Å². The van der Waals surface area contributed by atoms with Crippen LogP contribution in [0.4, 0.5) is 0 Å². The van der Waals surface area contributed by atoms with Crippen LogP contribution in [0.5, 0.6) is 0 Å². The van der Waals surface area contributed by atoms with E-state index >= 15 is 0 Å². The van der Waals surface area contributed by atoms with E-state index in [2.05, 4.69) is 26.8 Å². The normalized spacial score (nSPS) is 25.1. The van der Waals surface area contributed by atoms with Crippen LogP contribution in [0.1, 0.15) is 44.0 Å². The van der Waals surface area contributed by atoms with E-state index in [4.69, 9.17) is 0 Å². The molecule has 2 unspecified atom stereocenters.